The van der Waals surface area contributed by atoms with Gasteiger partial charge in [0, 0.05) is 0 Å². The number of carbonyl (C=O) groups excluding carboxylic acids is 1. The van der Waals surface area contributed by atoms with Gasteiger partial charge in [0.05, 0.1) is 18.1 Å². The highest BCUT2D eigenvalue weighted by atomic mass is 16.6. The second-order valence-corrected chi connectivity index (χ2v) is 8.26. The van der Waals surface area contributed by atoms with Gasteiger partial charge in [-0.15, -0.1) is 0 Å². The molecule has 0 amide bonds. The van der Waals surface area contributed by atoms with E-state index in [9.17, 15) is 4.79 Å². The predicted molar refractivity (Wildman–Crippen MR) is 91.0 cm³/mol. The molecule has 0 radical (unpaired) electrons. The normalized spacial score (nSPS) is 42.0. The van der Waals surface area contributed by atoms with E-state index in [1.165, 1.54) is 6.42 Å². The minimum atomic E-state index is -0.291. The average molecular weight is 322 g/mol. The summed E-state index contributed by atoms with van der Waals surface area (Å²) < 4.78 is 12.3. The Bertz CT molecular complexity index is 442. The van der Waals surface area contributed by atoms with Gasteiger partial charge in [-0.3, -0.25) is 4.79 Å². The fraction of sp³-hybridized carbons (Fsp3) is 0.950. The molecule has 3 nitrogen and oxygen atoms in total. The molecule has 1 saturated heterocycles. The van der Waals surface area contributed by atoms with E-state index in [0.717, 1.165) is 32.1 Å². The lowest BCUT2D eigenvalue weighted by Gasteiger charge is -2.35. The molecule has 2 saturated carbocycles. The molecule has 2 aliphatic carbocycles. The molecule has 0 aromatic heterocycles. The molecule has 1 aliphatic heterocycles. The summed E-state index contributed by atoms with van der Waals surface area (Å²) >= 11 is 0. The Hall–Kier alpha value is -0.570. The van der Waals surface area contributed by atoms with Crippen LogP contribution in [0.1, 0.15) is 73.1 Å². The first-order chi connectivity index (χ1) is 11.0. The molecule has 3 rings (SSSR count). The van der Waals surface area contributed by atoms with Gasteiger partial charge in [0.25, 0.3) is 0 Å². The SMILES string of the molecule is CCC1OC(CC)C2C3CC(CC3C(=O)OC(C)(CC)CC)C12. The molecule has 7 atom stereocenters. The zero-order valence-corrected chi connectivity index (χ0v) is 15.5. The Morgan fingerprint density at radius 3 is 2.22 bits per heavy atom. The standard InChI is InChI=1S/C20H34O3/c1-6-15-17-12-10-13(18(17)16(7-2)22-15)14(11-12)19(21)23-20(5,8-3)9-4/h12-18H,6-11H2,1-5H3. The maximum absolute atomic E-state index is 12.8. The maximum Gasteiger partial charge on any atom is 0.309 e. The van der Waals surface area contributed by atoms with E-state index in [1.807, 2.05) is 0 Å². The first-order valence-electron chi connectivity index (χ1n) is 9.86. The monoisotopic (exact) mass is 322 g/mol. The molecule has 3 fully saturated rings. The Labute approximate surface area is 141 Å². The van der Waals surface area contributed by atoms with E-state index in [-0.39, 0.29) is 17.5 Å². The fourth-order valence-electron chi connectivity index (χ4n) is 5.65. The quantitative estimate of drug-likeness (QED) is 0.671. The van der Waals surface area contributed by atoms with E-state index in [4.69, 9.17) is 9.47 Å². The predicted octanol–water partition coefficient (Wildman–Crippen LogP) is 4.58. The molecule has 2 bridgehead atoms. The first-order valence-corrected chi connectivity index (χ1v) is 9.86. The van der Waals surface area contributed by atoms with E-state index in [1.54, 1.807) is 0 Å². The smallest absolute Gasteiger partial charge is 0.309 e. The van der Waals surface area contributed by atoms with Crippen molar-refractivity contribution in [2.75, 3.05) is 0 Å². The molecule has 3 aliphatic rings. The van der Waals surface area contributed by atoms with Crippen LogP contribution in [0.3, 0.4) is 0 Å². The Morgan fingerprint density at radius 2 is 1.65 bits per heavy atom. The van der Waals surface area contributed by atoms with Crippen LogP contribution in [-0.2, 0) is 14.3 Å². The molecular weight excluding hydrogens is 288 g/mol. The highest BCUT2D eigenvalue weighted by Gasteiger charge is 2.62. The first kappa shape index (κ1) is 17.3. The van der Waals surface area contributed by atoms with E-state index in [2.05, 4.69) is 34.6 Å². The fourth-order valence-corrected chi connectivity index (χ4v) is 5.65. The van der Waals surface area contributed by atoms with Crippen molar-refractivity contribution in [3.63, 3.8) is 0 Å². The zero-order valence-electron chi connectivity index (χ0n) is 15.5. The highest BCUT2D eigenvalue weighted by Crippen LogP contribution is 2.62. The van der Waals surface area contributed by atoms with Gasteiger partial charge in [-0.2, -0.15) is 0 Å². The van der Waals surface area contributed by atoms with E-state index >= 15 is 0 Å². The number of fused-ring (bicyclic) bond motifs is 5. The Kier molecular flexibility index (Phi) is 4.79. The summed E-state index contributed by atoms with van der Waals surface area (Å²) in [4.78, 5) is 12.8. The minimum Gasteiger partial charge on any atom is -0.459 e. The number of esters is 1. The van der Waals surface area contributed by atoms with Crippen LogP contribution in [0.15, 0.2) is 0 Å². The molecule has 23 heavy (non-hydrogen) atoms. The largest absolute Gasteiger partial charge is 0.459 e. The molecule has 0 aromatic carbocycles. The summed E-state index contributed by atoms with van der Waals surface area (Å²) in [6.45, 7) is 10.8. The third-order valence-corrected chi connectivity index (χ3v) is 7.29. The summed E-state index contributed by atoms with van der Waals surface area (Å²) in [6, 6.07) is 0. The Morgan fingerprint density at radius 1 is 1.04 bits per heavy atom. The van der Waals surface area contributed by atoms with Gasteiger partial charge < -0.3 is 9.47 Å². The summed E-state index contributed by atoms with van der Waals surface area (Å²) in [7, 11) is 0. The van der Waals surface area contributed by atoms with Crippen molar-refractivity contribution in [3.05, 3.63) is 0 Å². The van der Waals surface area contributed by atoms with Gasteiger partial charge in [-0.05, 0) is 69.1 Å². The third kappa shape index (κ3) is 2.73. The van der Waals surface area contributed by atoms with Crippen LogP contribution in [0.4, 0.5) is 0 Å². The van der Waals surface area contributed by atoms with Crippen LogP contribution < -0.4 is 0 Å². The molecule has 132 valence electrons. The van der Waals surface area contributed by atoms with Crippen molar-refractivity contribution in [2.24, 2.45) is 29.6 Å². The van der Waals surface area contributed by atoms with Crippen molar-refractivity contribution in [1.82, 2.24) is 0 Å². The molecule has 0 spiro atoms. The Balaban J connectivity index is 1.73. The highest BCUT2D eigenvalue weighted by molar-refractivity contribution is 5.74. The van der Waals surface area contributed by atoms with Crippen LogP contribution in [0.2, 0.25) is 0 Å². The second-order valence-electron chi connectivity index (χ2n) is 8.26. The number of hydrogen-bond acceptors (Lipinski definition) is 3. The van der Waals surface area contributed by atoms with Crippen molar-refractivity contribution < 1.29 is 14.3 Å². The van der Waals surface area contributed by atoms with E-state index < -0.39 is 0 Å². The van der Waals surface area contributed by atoms with Crippen molar-refractivity contribution in [3.8, 4) is 0 Å². The molecule has 7 unspecified atom stereocenters. The number of carbonyl (C=O) groups is 1. The topological polar surface area (TPSA) is 35.5 Å². The summed E-state index contributed by atoms with van der Waals surface area (Å²) in [5, 5.41) is 0. The summed E-state index contributed by atoms with van der Waals surface area (Å²) in [6.07, 6.45) is 7.00. The lowest BCUT2D eigenvalue weighted by atomic mass is 9.70. The molecular formula is C20H34O3. The summed E-state index contributed by atoms with van der Waals surface area (Å²) in [5.74, 6) is 2.65. The van der Waals surface area contributed by atoms with Gasteiger partial charge in [0.1, 0.15) is 5.60 Å². The lowest BCUT2D eigenvalue weighted by molar-refractivity contribution is -0.167. The molecule has 0 aromatic rings. The van der Waals surface area contributed by atoms with Crippen LogP contribution in [-0.4, -0.2) is 23.8 Å². The van der Waals surface area contributed by atoms with Gasteiger partial charge in [-0.1, -0.05) is 27.7 Å². The molecule has 1 heterocycles. The second kappa shape index (κ2) is 6.38. The third-order valence-electron chi connectivity index (χ3n) is 7.29. The number of hydrogen-bond donors (Lipinski definition) is 0. The zero-order chi connectivity index (χ0) is 16.8. The van der Waals surface area contributed by atoms with Crippen molar-refractivity contribution in [2.45, 2.75) is 91.0 Å². The van der Waals surface area contributed by atoms with Gasteiger partial charge in [0.15, 0.2) is 0 Å². The number of ether oxygens (including phenoxy) is 2. The van der Waals surface area contributed by atoms with Gasteiger partial charge in [-0.25, -0.2) is 0 Å². The van der Waals surface area contributed by atoms with Gasteiger partial charge >= 0.3 is 5.97 Å². The van der Waals surface area contributed by atoms with Crippen molar-refractivity contribution >= 4 is 5.97 Å². The summed E-state index contributed by atoms with van der Waals surface area (Å²) in [5.41, 5.74) is -0.291. The van der Waals surface area contributed by atoms with Crippen molar-refractivity contribution in [1.29, 1.82) is 0 Å². The van der Waals surface area contributed by atoms with Crippen LogP contribution in [0, 0.1) is 29.6 Å². The van der Waals surface area contributed by atoms with Gasteiger partial charge in [0.2, 0.25) is 0 Å². The van der Waals surface area contributed by atoms with Crippen LogP contribution >= 0.6 is 0 Å². The molecule has 3 heteroatoms. The van der Waals surface area contributed by atoms with Crippen LogP contribution in [0.25, 0.3) is 0 Å². The maximum atomic E-state index is 12.8. The lowest BCUT2D eigenvalue weighted by Crippen LogP contribution is -2.40. The minimum absolute atomic E-state index is 0.0666. The average Bonchev–Trinajstić information content (AvgIpc) is 3.24. The van der Waals surface area contributed by atoms with Crippen LogP contribution in [0.5, 0.6) is 0 Å². The molecule has 0 N–H and O–H groups in total. The van der Waals surface area contributed by atoms with E-state index in [0.29, 0.717) is 35.9 Å². The number of rotatable bonds is 6.